The van der Waals surface area contributed by atoms with Crippen LogP contribution in [0.25, 0.3) is 0 Å². The predicted molar refractivity (Wildman–Crippen MR) is 72.1 cm³/mol. The Balaban J connectivity index is 2.13. The first-order chi connectivity index (χ1) is 8.06. The van der Waals surface area contributed by atoms with E-state index in [9.17, 15) is 10.1 Å². The summed E-state index contributed by atoms with van der Waals surface area (Å²) >= 11 is 7.66. The van der Waals surface area contributed by atoms with Crippen LogP contribution in [0.2, 0.25) is 5.02 Å². The first-order valence-electron chi connectivity index (χ1n) is 5.29. The van der Waals surface area contributed by atoms with Gasteiger partial charge in [-0.25, -0.2) is 0 Å². The van der Waals surface area contributed by atoms with E-state index < -0.39 is 4.92 Å². The van der Waals surface area contributed by atoms with Crippen LogP contribution in [0.15, 0.2) is 18.2 Å². The molecule has 0 aliphatic heterocycles. The van der Waals surface area contributed by atoms with Gasteiger partial charge in [0.15, 0.2) is 0 Å². The van der Waals surface area contributed by atoms with Gasteiger partial charge in [-0.2, -0.15) is 11.8 Å². The molecule has 1 aromatic rings. The van der Waals surface area contributed by atoms with Crippen LogP contribution < -0.4 is 5.32 Å². The molecule has 0 saturated heterocycles. The molecule has 1 N–H and O–H groups in total. The molecule has 0 atom stereocenters. The molecule has 2 rings (SSSR count). The molecule has 0 bridgehead atoms. The van der Waals surface area contributed by atoms with Gasteiger partial charge in [-0.05, 0) is 31.2 Å². The van der Waals surface area contributed by atoms with E-state index in [-0.39, 0.29) is 10.4 Å². The van der Waals surface area contributed by atoms with Gasteiger partial charge >= 0.3 is 0 Å². The normalized spacial score (nSPS) is 16.6. The van der Waals surface area contributed by atoms with E-state index in [4.69, 9.17) is 11.6 Å². The number of halogens is 1. The fraction of sp³-hybridized carbons (Fsp3) is 0.455. The summed E-state index contributed by atoms with van der Waals surface area (Å²) in [6.45, 7) is 0.745. The summed E-state index contributed by atoms with van der Waals surface area (Å²) in [6.07, 6.45) is 4.39. The maximum Gasteiger partial charge on any atom is 0.292 e. The van der Waals surface area contributed by atoms with Crippen molar-refractivity contribution in [3.8, 4) is 0 Å². The number of anilines is 1. The molecule has 1 aliphatic carbocycles. The molecule has 1 saturated carbocycles. The van der Waals surface area contributed by atoms with E-state index in [1.807, 2.05) is 11.8 Å². The SMILES string of the molecule is CSC1(CNc2cc(Cl)ccc2[N+](=O)[O-])CC1. The molecule has 92 valence electrons. The Hall–Kier alpha value is -0.940. The molecule has 1 fully saturated rings. The van der Waals surface area contributed by atoms with Crippen molar-refractivity contribution >= 4 is 34.7 Å². The van der Waals surface area contributed by atoms with Gasteiger partial charge in [-0.1, -0.05) is 11.6 Å². The van der Waals surface area contributed by atoms with E-state index >= 15 is 0 Å². The number of thioether (sulfide) groups is 1. The molecule has 0 heterocycles. The first kappa shape index (κ1) is 12.5. The van der Waals surface area contributed by atoms with Gasteiger partial charge in [0.25, 0.3) is 5.69 Å². The molecule has 0 radical (unpaired) electrons. The van der Waals surface area contributed by atoms with Crippen LogP contribution in [0, 0.1) is 10.1 Å². The van der Waals surface area contributed by atoms with Crippen LogP contribution in [-0.4, -0.2) is 22.5 Å². The number of nitro groups is 1. The second-order valence-corrected chi connectivity index (χ2v) is 5.87. The van der Waals surface area contributed by atoms with Crippen molar-refractivity contribution in [2.75, 3.05) is 18.1 Å². The number of benzene rings is 1. The molecule has 17 heavy (non-hydrogen) atoms. The first-order valence-corrected chi connectivity index (χ1v) is 6.90. The highest BCUT2D eigenvalue weighted by Gasteiger charge is 2.41. The van der Waals surface area contributed by atoms with Crippen molar-refractivity contribution < 1.29 is 4.92 Å². The van der Waals surface area contributed by atoms with Gasteiger partial charge in [0, 0.05) is 22.4 Å². The van der Waals surface area contributed by atoms with Gasteiger partial charge < -0.3 is 5.32 Å². The number of hydrogen-bond donors (Lipinski definition) is 1. The molecular weight excluding hydrogens is 260 g/mol. The van der Waals surface area contributed by atoms with Crippen LogP contribution in [0.4, 0.5) is 11.4 Å². The number of nitrogens with one attached hydrogen (secondary N) is 1. The standard InChI is InChI=1S/C11H13ClN2O2S/c1-17-11(4-5-11)7-13-9-6-8(12)2-3-10(9)14(15)16/h2-3,6,13H,4-5,7H2,1H3. The van der Waals surface area contributed by atoms with Crippen molar-refractivity contribution in [1.29, 1.82) is 0 Å². The zero-order chi connectivity index (χ0) is 12.5. The highest BCUT2D eigenvalue weighted by Crippen LogP contribution is 2.47. The Morgan fingerprint density at radius 2 is 2.29 bits per heavy atom. The van der Waals surface area contributed by atoms with E-state index in [1.165, 1.54) is 12.1 Å². The average Bonchev–Trinajstić information content (AvgIpc) is 3.07. The van der Waals surface area contributed by atoms with Gasteiger partial charge in [0.05, 0.1) is 4.92 Å². The quantitative estimate of drug-likeness (QED) is 0.658. The minimum absolute atomic E-state index is 0.0753. The van der Waals surface area contributed by atoms with E-state index in [1.54, 1.807) is 6.07 Å². The minimum Gasteiger partial charge on any atom is -0.378 e. The Kier molecular flexibility index (Phi) is 3.49. The molecule has 1 aromatic carbocycles. The third kappa shape index (κ3) is 2.84. The van der Waals surface area contributed by atoms with Crippen molar-refractivity contribution in [3.05, 3.63) is 33.3 Å². The molecule has 0 unspecified atom stereocenters. The maximum atomic E-state index is 10.9. The molecule has 4 nitrogen and oxygen atoms in total. The summed E-state index contributed by atoms with van der Waals surface area (Å²) < 4.78 is 0.260. The topological polar surface area (TPSA) is 55.2 Å². The van der Waals surface area contributed by atoms with Gasteiger partial charge in [-0.15, -0.1) is 0 Å². The Morgan fingerprint density at radius 1 is 1.59 bits per heavy atom. The summed E-state index contributed by atoms with van der Waals surface area (Å²) in [5.41, 5.74) is 0.578. The Labute approximate surface area is 109 Å². The fourth-order valence-electron chi connectivity index (χ4n) is 1.66. The Morgan fingerprint density at radius 3 is 2.82 bits per heavy atom. The van der Waals surface area contributed by atoms with Crippen LogP contribution in [0.1, 0.15) is 12.8 Å². The lowest BCUT2D eigenvalue weighted by Gasteiger charge is -2.14. The van der Waals surface area contributed by atoms with Crippen LogP contribution in [0.3, 0.4) is 0 Å². The van der Waals surface area contributed by atoms with Crippen molar-refractivity contribution in [2.45, 2.75) is 17.6 Å². The lowest BCUT2D eigenvalue weighted by atomic mass is 10.2. The van der Waals surface area contributed by atoms with E-state index in [2.05, 4.69) is 11.6 Å². The fourth-order valence-corrected chi connectivity index (χ4v) is 2.56. The summed E-state index contributed by atoms with van der Waals surface area (Å²) in [6, 6.07) is 4.58. The number of rotatable bonds is 5. The second kappa shape index (κ2) is 4.74. The molecule has 6 heteroatoms. The molecule has 0 aromatic heterocycles. The van der Waals surface area contributed by atoms with Crippen LogP contribution >= 0.6 is 23.4 Å². The lowest BCUT2D eigenvalue weighted by molar-refractivity contribution is -0.384. The van der Waals surface area contributed by atoms with E-state index in [0.717, 1.165) is 19.4 Å². The van der Waals surface area contributed by atoms with Gasteiger partial charge in [0.1, 0.15) is 5.69 Å². The third-order valence-electron chi connectivity index (χ3n) is 3.00. The second-order valence-electron chi connectivity index (χ2n) is 4.16. The van der Waals surface area contributed by atoms with Crippen molar-refractivity contribution in [1.82, 2.24) is 0 Å². The van der Waals surface area contributed by atoms with Crippen molar-refractivity contribution in [3.63, 3.8) is 0 Å². The van der Waals surface area contributed by atoms with Crippen molar-refractivity contribution in [2.24, 2.45) is 0 Å². The summed E-state index contributed by atoms with van der Waals surface area (Å²) in [5.74, 6) is 0. The maximum absolute atomic E-state index is 10.9. The third-order valence-corrected chi connectivity index (χ3v) is 4.65. The summed E-state index contributed by atoms with van der Waals surface area (Å²) in [7, 11) is 0. The lowest BCUT2D eigenvalue weighted by Crippen LogP contribution is -2.18. The minimum atomic E-state index is -0.392. The highest BCUT2D eigenvalue weighted by molar-refractivity contribution is 8.00. The van der Waals surface area contributed by atoms with E-state index in [0.29, 0.717) is 10.7 Å². The molecular formula is C11H13ClN2O2S. The van der Waals surface area contributed by atoms with Crippen LogP contribution in [-0.2, 0) is 0 Å². The zero-order valence-corrected chi connectivity index (χ0v) is 11.0. The molecule has 0 spiro atoms. The number of hydrogen-bond acceptors (Lipinski definition) is 4. The summed E-state index contributed by atoms with van der Waals surface area (Å²) in [4.78, 5) is 10.5. The number of nitro benzene ring substituents is 1. The smallest absolute Gasteiger partial charge is 0.292 e. The van der Waals surface area contributed by atoms with Gasteiger partial charge in [-0.3, -0.25) is 10.1 Å². The molecule has 0 amide bonds. The Bertz CT molecular complexity index is 449. The largest absolute Gasteiger partial charge is 0.378 e. The summed E-state index contributed by atoms with van der Waals surface area (Å²) in [5, 5.41) is 14.5. The highest BCUT2D eigenvalue weighted by atomic mass is 35.5. The predicted octanol–water partition coefficient (Wildman–Crippen LogP) is 3.56. The molecule has 1 aliphatic rings. The average molecular weight is 273 g/mol. The van der Waals surface area contributed by atoms with Crippen LogP contribution in [0.5, 0.6) is 0 Å². The number of nitrogens with zero attached hydrogens (tertiary/aromatic N) is 1. The zero-order valence-electron chi connectivity index (χ0n) is 9.40. The monoisotopic (exact) mass is 272 g/mol. The van der Waals surface area contributed by atoms with Gasteiger partial charge in [0.2, 0.25) is 0 Å².